The Morgan fingerprint density at radius 2 is 2.00 bits per heavy atom. The van der Waals surface area contributed by atoms with E-state index < -0.39 is 0 Å². The fraction of sp³-hybridized carbons (Fsp3) is 0.562. The lowest BCUT2D eigenvalue weighted by atomic mass is 10.1. The lowest BCUT2D eigenvalue weighted by molar-refractivity contribution is -0.123. The first-order valence-corrected chi connectivity index (χ1v) is 7.76. The van der Waals surface area contributed by atoms with E-state index in [-0.39, 0.29) is 18.0 Å². The van der Waals surface area contributed by atoms with Crippen LogP contribution in [0.5, 0.6) is 0 Å². The van der Waals surface area contributed by atoms with Crippen molar-refractivity contribution in [3.8, 4) is 0 Å². The summed E-state index contributed by atoms with van der Waals surface area (Å²) in [6.45, 7) is 3.95. The molecule has 2 atom stereocenters. The van der Waals surface area contributed by atoms with Gasteiger partial charge in [0, 0.05) is 17.1 Å². The van der Waals surface area contributed by atoms with E-state index in [1.54, 1.807) is 0 Å². The lowest BCUT2D eigenvalue weighted by Gasteiger charge is -2.22. The van der Waals surface area contributed by atoms with Crippen LogP contribution in [0.4, 0.5) is 0 Å². The van der Waals surface area contributed by atoms with E-state index in [0.29, 0.717) is 6.04 Å². The largest absolute Gasteiger partial charge is 0.352 e. The topological polar surface area (TPSA) is 41.1 Å². The molecule has 0 aliphatic heterocycles. The number of carbonyl (C=O) groups excluding carboxylic acids is 1. The summed E-state index contributed by atoms with van der Waals surface area (Å²) < 4.78 is 0. The molecule has 0 radical (unpaired) electrons. The highest BCUT2D eigenvalue weighted by molar-refractivity contribution is 6.30. The van der Waals surface area contributed by atoms with Crippen molar-refractivity contribution in [3.63, 3.8) is 0 Å². The lowest BCUT2D eigenvalue weighted by Crippen LogP contribution is -2.46. The van der Waals surface area contributed by atoms with Gasteiger partial charge in [0.25, 0.3) is 0 Å². The molecule has 1 aliphatic rings. The molecule has 1 aromatic rings. The minimum Gasteiger partial charge on any atom is -0.352 e. The first-order valence-electron chi connectivity index (χ1n) is 7.38. The Morgan fingerprint density at radius 3 is 2.65 bits per heavy atom. The van der Waals surface area contributed by atoms with Crippen molar-refractivity contribution < 1.29 is 4.79 Å². The molecule has 0 spiro atoms. The average molecular weight is 295 g/mol. The van der Waals surface area contributed by atoms with Gasteiger partial charge in [-0.15, -0.1) is 0 Å². The van der Waals surface area contributed by atoms with Crippen molar-refractivity contribution in [2.45, 2.75) is 57.7 Å². The highest BCUT2D eigenvalue weighted by Gasteiger charge is 2.21. The number of hydrogen-bond donors (Lipinski definition) is 2. The number of halogens is 1. The van der Waals surface area contributed by atoms with Crippen LogP contribution in [0.25, 0.3) is 0 Å². The van der Waals surface area contributed by atoms with Crippen molar-refractivity contribution in [1.82, 2.24) is 10.6 Å². The molecule has 0 saturated heterocycles. The van der Waals surface area contributed by atoms with Crippen molar-refractivity contribution in [2.24, 2.45) is 0 Å². The highest BCUT2D eigenvalue weighted by Crippen LogP contribution is 2.19. The van der Waals surface area contributed by atoms with E-state index in [2.05, 4.69) is 10.6 Å². The number of amides is 1. The minimum absolute atomic E-state index is 0.0887. The Labute approximate surface area is 126 Å². The summed E-state index contributed by atoms with van der Waals surface area (Å²) in [5.41, 5.74) is 1.10. The van der Waals surface area contributed by atoms with Gasteiger partial charge in [0.05, 0.1) is 6.04 Å². The average Bonchev–Trinajstić information content (AvgIpc) is 2.91. The third kappa shape index (κ3) is 4.22. The smallest absolute Gasteiger partial charge is 0.237 e. The predicted molar refractivity (Wildman–Crippen MR) is 82.9 cm³/mol. The zero-order valence-corrected chi connectivity index (χ0v) is 12.9. The van der Waals surface area contributed by atoms with Crippen molar-refractivity contribution in [1.29, 1.82) is 0 Å². The van der Waals surface area contributed by atoms with Crippen LogP contribution in [0.15, 0.2) is 24.3 Å². The second kappa shape index (κ2) is 7.09. The summed E-state index contributed by atoms with van der Waals surface area (Å²) in [7, 11) is 0. The fourth-order valence-electron chi connectivity index (χ4n) is 2.72. The van der Waals surface area contributed by atoms with Gasteiger partial charge in [0.1, 0.15) is 0 Å². The molecule has 1 fully saturated rings. The van der Waals surface area contributed by atoms with Gasteiger partial charge in [-0.05, 0) is 44.4 Å². The van der Waals surface area contributed by atoms with E-state index in [4.69, 9.17) is 11.6 Å². The number of rotatable bonds is 5. The fourth-order valence-corrected chi connectivity index (χ4v) is 2.92. The van der Waals surface area contributed by atoms with Gasteiger partial charge >= 0.3 is 0 Å². The molecule has 110 valence electrons. The quantitative estimate of drug-likeness (QED) is 0.873. The van der Waals surface area contributed by atoms with E-state index in [1.807, 2.05) is 38.1 Å². The van der Waals surface area contributed by atoms with Crippen LogP contribution in [0.3, 0.4) is 0 Å². The Kier molecular flexibility index (Phi) is 5.44. The van der Waals surface area contributed by atoms with Crippen LogP contribution in [0.2, 0.25) is 5.02 Å². The first kappa shape index (κ1) is 15.3. The van der Waals surface area contributed by atoms with Crippen LogP contribution < -0.4 is 10.6 Å². The summed E-state index contributed by atoms with van der Waals surface area (Å²) in [6.07, 6.45) is 4.68. The van der Waals surface area contributed by atoms with Crippen molar-refractivity contribution in [3.05, 3.63) is 34.9 Å². The molecule has 0 bridgehead atoms. The van der Waals surface area contributed by atoms with Crippen LogP contribution in [0.1, 0.15) is 51.1 Å². The van der Waals surface area contributed by atoms with Gasteiger partial charge < -0.3 is 5.32 Å². The maximum absolute atomic E-state index is 12.1. The summed E-state index contributed by atoms with van der Waals surface area (Å²) in [6, 6.07) is 8.00. The van der Waals surface area contributed by atoms with Crippen LogP contribution >= 0.6 is 11.6 Å². The molecule has 1 amide bonds. The minimum atomic E-state index is -0.204. The molecule has 0 heterocycles. The van der Waals surface area contributed by atoms with E-state index in [9.17, 15) is 4.79 Å². The standard InChI is InChI=1S/C16H23ClN2O/c1-11(13-6-5-7-14(17)10-13)18-12(2)16(20)19-15-8-3-4-9-15/h5-7,10-12,15,18H,3-4,8-9H2,1-2H3,(H,19,20)/t11-,12?/m1/s1. The summed E-state index contributed by atoms with van der Waals surface area (Å²) in [4.78, 5) is 12.1. The van der Waals surface area contributed by atoms with Crippen LogP contribution in [-0.4, -0.2) is 18.0 Å². The maximum atomic E-state index is 12.1. The third-order valence-corrected chi connectivity index (χ3v) is 4.18. The second-order valence-corrected chi connectivity index (χ2v) is 6.09. The Bertz CT molecular complexity index is 458. The van der Waals surface area contributed by atoms with Gasteiger partial charge in [0.15, 0.2) is 0 Å². The molecule has 1 aliphatic carbocycles. The van der Waals surface area contributed by atoms with Gasteiger partial charge in [0.2, 0.25) is 5.91 Å². The molecule has 1 aromatic carbocycles. The number of benzene rings is 1. The van der Waals surface area contributed by atoms with Crippen LogP contribution in [0, 0.1) is 0 Å². The summed E-state index contributed by atoms with van der Waals surface area (Å²) >= 11 is 5.99. The molecule has 1 saturated carbocycles. The molecular weight excluding hydrogens is 272 g/mol. The maximum Gasteiger partial charge on any atom is 0.237 e. The zero-order valence-electron chi connectivity index (χ0n) is 12.2. The molecule has 1 unspecified atom stereocenters. The third-order valence-electron chi connectivity index (χ3n) is 3.94. The second-order valence-electron chi connectivity index (χ2n) is 5.66. The highest BCUT2D eigenvalue weighted by atomic mass is 35.5. The predicted octanol–water partition coefficient (Wildman–Crippen LogP) is 3.44. The summed E-state index contributed by atoms with van der Waals surface area (Å²) in [5, 5.41) is 7.17. The van der Waals surface area contributed by atoms with E-state index in [0.717, 1.165) is 23.4 Å². The molecule has 4 heteroatoms. The summed E-state index contributed by atoms with van der Waals surface area (Å²) in [5.74, 6) is 0.0887. The molecule has 2 rings (SSSR count). The molecular formula is C16H23ClN2O. The van der Waals surface area contributed by atoms with Gasteiger partial charge in [-0.2, -0.15) is 0 Å². The molecule has 0 aromatic heterocycles. The van der Waals surface area contributed by atoms with E-state index >= 15 is 0 Å². The first-order chi connectivity index (χ1) is 9.56. The van der Waals surface area contributed by atoms with Crippen LogP contribution in [-0.2, 0) is 4.79 Å². The number of hydrogen-bond acceptors (Lipinski definition) is 2. The Hall–Kier alpha value is -1.06. The van der Waals surface area contributed by atoms with Gasteiger partial charge in [-0.1, -0.05) is 36.6 Å². The zero-order chi connectivity index (χ0) is 14.5. The molecule has 20 heavy (non-hydrogen) atoms. The SMILES string of the molecule is CC(N[C@H](C)c1cccc(Cl)c1)C(=O)NC1CCCC1. The Morgan fingerprint density at radius 1 is 1.30 bits per heavy atom. The van der Waals surface area contributed by atoms with Gasteiger partial charge in [-0.25, -0.2) is 0 Å². The van der Waals surface area contributed by atoms with Gasteiger partial charge in [-0.3, -0.25) is 10.1 Å². The molecule has 2 N–H and O–H groups in total. The Balaban J connectivity index is 1.86. The van der Waals surface area contributed by atoms with Crippen molar-refractivity contribution in [2.75, 3.05) is 0 Å². The normalized spacial score (nSPS) is 18.8. The van der Waals surface area contributed by atoms with Crippen molar-refractivity contribution >= 4 is 17.5 Å². The van der Waals surface area contributed by atoms with E-state index in [1.165, 1.54) is 12.8 Å². The number of nitrogens with one attached hydrogen (secondary N) is 2. The number of carbonyl (C=O) groups is 1. The molecule has 3 nitrogen and oxygen atoms in total. The monoisotopic (exact) mass is 294 g/mol.